The summed E-state index contributed by atoms with van der Waals surface area (Å²) >= 11 is 0. The van der Waals surface area contributed by atoms with E-state index in [1.807, 2.05) is 0 Å². The molecule has 5 heteroatoms. The van der Waals surface area contributed by atoms with Crippen LogP contribution in [0.25, 0.3) is 0 Å². The van der Waals surface area contributed by atoms with Crippen molar-refractivity contribution >= 4 is 5.78 Å². The van der Waals surface area contributed by atoms with E-state index in [9.17, 15) is 4.79 Å². The molecule has 0 aliphatic carbocycles. The molecule has 0 heterocycles. The van der Waals surface area contributed by atoms with Crippen LogP contribution in [0.2, 0.25) is 0 Å². The molecule has 0 rings (SSSR count). The third kappa shape index (κ3) is 2.94. The molecule has 11 heavy (non-hydrogen) atoms. The predicted octanol–water partition coefficient (Wildman–Crippen LogP) is -2.35. The molecule has 0 fully saturated rings. The number of carbonyl (C=O) groups is 1. The van der Waals surface area contributed by atoms with Crippen molar-refractivity contribution in [2.45, 2.75) is 25.2 Å². The first kappa shape index (κ1) is 10.5. The first-order valence-electron chi connectivity index (χ1n) is 3.18. The van der Waals surface area contributed by atoms with Gasteiger partial charge < -0.3 is 20.4 Å². The zero-order chi connectivity index (χ0) is 9.02. The van der Waals surface area contributed by atoms with Crippen molar-refractivity contribution in [2.75, 3.05) is 6.61 Å². The smallest absolute Gasteiger partial charge is 0.189 e. The summed E-state index contributed by atoms with van der Waals surface area (Å²) in [5.74, 6) is -0.904. The summed E-state index contributed by atoms with van der Waals surface area (Å²) < 4.78 is 0. The van der Waals surface area contributed by atoms with E-state index in [0.29, 0.717) is 0 Å². The average molecular weight is 164 g/mol. The lowest BCUT2D eigenvalue weighted by atomic mass is 10.1. The van der Waals surface area contributed by atoms with Crippen molar-refractivity contribution in [3.05, 3.63) is 0 Å². The molecule has 4 N–H and O–H groups in total. The summed E-state index contributed by atoms with van der Waals surface area (Å²) in [6.45, 7) is 0.392. The zero-order valence-electron chi connectivity index (χ0n) is 6.14. The van der Waals surface area contributed by atoms with Crippen molar-refractivity contribution in [3.63, 3.8) is 0 Å². The van der Waals surface area contributed by atoms with Crippen molar-refractivity contribution in [1.82, 2.24) is 0 Å². The van der Waals surface area contributed by atoms with E-state index in [-0.39, 0.29) is 0 Å². The molecule has 3 unspecified atom stereocenters. The first-order valence-corrected chi connectivity index (χ1v) is 3.18. The van der Waals surface area contributed by atoms with Gasteiger partial charge in [-0.3, -0.25) is 4.79 Å². The Morgan fingerprint density at radius 2 is 1.82 bits per heavy atom. The van der Waals surface area contributed by atoms with Crippen LogP contribution in [0.4, 0.5) is 0 Å². The lowest BCUT2D eigenvalue weighted by Gasteiger charge is -2.17. The second-order valence-corrected chi connectivity index (χ2v) is 2.30. The van der Waals surface area contributed by atoms with Crippen LogP contribution in [-0.4, -0.2) is 51.1 Å². The predicted molar refractivity (Wildman–Crippen MR) is 35.8 cm³/mol. The van der Waals surface area contributed by atoms with Crippen molar-refractivity contribution in [1.29, 1.82) is 0 Å². The maximum Gasteiger partial charge on any atom is 0.189 e. The Kier molecular flexibility index (Phi) is 4.20. The van der Waals surface area contributed by atoms with Crippen LogP contribution in [0, 0.1) is 0 Å². The molecule has 0 saturated carbocycles. The molecule has 0 aromatic carbocycles. The van der Waals surface area contributed by atoms with Crippen LogP contribution in [-0.2, 0) is 4.79 Å². The molecule has 0 aromatic rings. The van der Waals surface area contributed by atoms with E-state index in [1.54, 1.807) is 0 Å². The molecule has 0 radical (unpaired) electrons. The summed E-state index contributed by atoms with van der Waals surface area (Å²) in [7, 11) is 0. The van der Waals surface area contributed by atoms with E-state index in [1.165, 1.54) is 6.92 Å². The first-order chi connectivity index (χ1) is 5.00. The number of ketones is 1. The van der Waals surface area contributed by atoms with Gasteiger partial charge in [-0.25, -0.2) is 0 Å². The second kappa shape index (κ2) is 4.40. The van der Waals surface area contributed by atoms with Crippen LogP contribution < -0.4 is 0 Å². The highest BCUT2D eigenvalue weighted by Crippen LogP contribution is 2.00. The van der Waals surface area contributed by atoms with Gasteiger partial charge in [0.2, 0.25) is 0 Å². The van der Waals surface area contributed by atoms with Crippen molar-refractivity contribution < 1.29 is 25.2 Å². The van der Waals surface area contributed by atoms with Crippen molar-refractivity contribution in [3.8, 4) is 0 Å². The minimum Gasteiger partial charge on any atom is -0.391 e. The molecule has 0 aliphatic heterocycles. The Labute approximate surface area is 63.9 Å². The van der Waals surface area contributed by atoms with Crippen molar-refractivity contribution in [2.24, 2.45) is 0 Å². The van der Waals surface area contributed by atoms with E-state index < -0.39 is 30.7 Å². The van der Waals surface area contributed by atoms with Crippen LogP contribution in [0.5, 0.6) is 0 Å². The molecule has 0 aliphatic rings. The maximum atomic E-state index is 10.5. The van der Waals surface area contributed by atoms with Crippen LogP contribution in [0.1, 0.15) is 6.92 Å². The molecule has 0 spiro atoms. The van der Waals surface area contributed by atoms with E-state index >= 15 is 0 Å². The normalized spacial score (nSPS) is 19.0. The summed E-state index contributed by atoms with van der Waals surface area (Å²) in [4.78, 5) is 10.5. The van der Waals surface area contributed by atoms with Gasteiger partial charge in [0.05, 0.1) is 6.10 Å². The summed E-state index contributed by atoms with van der Waals surface area (Å²) in [6.07, 6.45) is -4.44. The Bertz CT molecular complexity index is 133. The number of hydrogen-bond donors (Lipinski definition) is 4. The van der Waals surface area contributed by atoms with Gasteiger partial charge in [0.15, 0.2) is 5.78 Å². The standard InChI is InChI=1S/C6H12O5/c1-3(8)5(10)6(11)4(9)2-7/h3,5-8,10-11H,2H2,1H3. The fourth-order valence-corrected chi connectivity index (χ4v) is 0.548. The number of carbonyl (C=O) groups excluding carboxylic acids is 1. The summed E-state index contributed by atoms with van der Waals surface area (Å²) in [6, 6.07) is 0. The lowest BCUT2D eigenvalue weighted by Crippen LogP contribution is -2.42. The highest BCUT2D eigenvalue weighted by atomic mass is 16.4. The number of aliphatic hydroxyl groups is 4. The highest BCUT2D eigenvalue weighted by molar-refractivity contribution is 5.84. The van der Waals surface area contributed by atoms with Gasteiger partial charge in [-0.05, 0) is 6.92 Å². The molecule has 0 amide bonds. The topological polar surface area (TPSA) is 98.0 Å². The van der Waals surface area contributed by atoms with Gasteiger partial charge in [0.25, 0.3) is 0 Å². The van der Waals surface area contributed by atoms with Crippen LogP contribution in [0.15, 0.2) is 0 Å². The molecule has 0 aromatic heterocycles. The van der Waals surface area contributed by atoms with Gasteiger partial charge in [0, 0.05) is 0 Å². The quantitative estimate of drug-likeness (QED) is 0.373. The van der Waals surface area contributed by atoms with Gasteiger partial charge in [0.1, 0.15) is 18.8 Å². The monoisotopic (exact) mass is 164 g/mol. The highest BCUT2D eigenvalue weighted by Gasteiger charge is 2.26. The number of rotatable bonds is 4. The molecule has 66 valence electrons. The number of Topliss-reactive ketones (excluding diaryl/α,β-unsaturated/α-hetero) is 1. The summed E-state index contributed by atoms with van der Waals surface area (Å²) in [5.41, 5.74) is 0. The van der Waals surface area contributed by atoms with Gasteiger partial charge in [-0.2, -0.15) is 0 Å². The maximum absolute atomic E-state index is 10.5. The Balaban J connectivity index is 4.01. The second-order valence-electron chi connectivity index (χ2n) is 2.30. The summed E-state index contributed by atoms with van der Waals surface area (Å²) in [5, 5.41) is 34.6. The third-order valence-electron chi connectivity index (χ3n) is 1.30. The zero-order valence-corrected chi connectivity index (χ0v) is 6.14. The molecule has 0 bridgehead atoms. The fourth-order valence-electron chi connectivity index (χ4n) is 0.548. The molecule has 0 saturated heterocycles. The third-order valence-corrected chi connectivity index (χ3v) is 1.30. The van der Waals surface area contributed by atoms with E-state index in [2.05, 4.69) is 0 Å². The minimum absolute atomic E-state index is 0.842. The molecular weight excluding hydrogens is 152 g/mol. The SMILES string of the molecule is CC(O)C(O)C(O)C(=O)CO. The molecule has 3 atom stereocenters. The van der Waals surface area contributed by atoms with Gasteiger partial charge in [-0.15, -0.1) is 0 Å². The number of aliphatic hydroxyl groups excluding tert-OH is 4. The Hall–Kier alpha value is -0.490. The fraction of sp³-hybridized carbons (Fsp3) is 0.833. The van der Waals surface area contributed by atoms with Gasteiger partial charge in [-0.1, -0.05) is 0 Å². The van der Waals surface area contributed by atoms with E-state index in [4.69, 9.17) is 20.4 Å². The van der Waals surface area contributed by atoms with Crippen LogP contribution in [0.3, 0.4) is 0 Å². The van der Waals surface area contributed by atoms with E-state index in [0.717, 1.165) is 0 Å². The van der Waals surface area contributed by atoms with Gasteiger partial charge >= 0.3 is 0 Å². The largest absolute Gasteiger partial charge is 0.391 e. The molecular formula is C6H12O5. The number of hydrogen-bond acceptors (Lipinski definition) is 5. The van der Waals surface area contributed by atoms with Crippen LogP contribution >= 0.6 is 0 Å². The average Bonchev–Trinajstić information content (AvgIpc) is 2.00. The lowest BCUT2D eigenvalue weighted by molar-refractivity contribution is -0.140. The Morgan fingerprint density at radius 3 is 2.09 bits per heavy atom. The Morgan fingerprint density at radius 1 is 1.36 bits per heavy atom. The minimum atomic E-state index is -1.71. The molecule has 5 nitrogen and oxygen atoms in total.